The highest BCUT2D eigenvalue weighted by Gasteiger charge is 2.45. The lowest BCUT2D eigenvalue weighted by Crippen LogP contribution is -2.82. The minimum Gasteiger partial charge on any atom is -0.500 e. The summed E-state index contributed by atoms with van der Waals surface area (Å²) in [7, 11) is 1.76. The minimum atomic E-state index is -0.917. The van der Waals surface area contributed by atoms with Gasteiger partial charge in [-0.1, -0.05) is 17.8 Å². The number of likely N-dealkylation sites (N-methyl/N-ethyl adjacent to an activating group) is 1. The second-order valence-corrected chi connectivity index (χ2v) is 10.6. The lowest BCUT2D eigenvalue weighted by Gasteiger charge is -2.48. The molecule has 6 N–H and O–H groups in total. The lowest BCUT2D eigenvalue weighted by atomic mass is 9.93. The number of aliphatic hydroxyl groups is 1. The molecule has 3 heterocycles. The zero-order valence-electron chi connectivity index (χ0n) is 22.6. The number of anilines is 1. The average Bonchev–Trinajstić information content (AvgIpc) is 2.97. The van der Waals surface area contributed by atoms with Gasteiger partial charge in [-0.25, -0.2) is 18.7 Å². The van der Waals surface area contributed by atoms with Crippen LogP contribution in [0.15, 0.2) is 59.9 Å². The molecule has 0 radical (unpaired) electrons. The number of Topliss-reactive ketones (excluding diaryl/α,β-unsaturated/α-hetero) is 1. The van der Waals surface area contributed by atoms with Crippen molar-refractivity contribution in [2.75, 3.05) is 31.6 Å². The van der Waals surface area contributed by atoms with Crippen LogP contribution in [0.4, 0.5) is 14.7 Å². The zero-order valence-corrected chi connectivity index (χ0v) is 23.4. The molecule has 41 heavy (non-hydrogen) atoms. The molecule has 1 aromatic heterocycles. The molecule has 0 bridgehead atoms. The molecule has 0 atom stereocenters. The first-order valence-electron chi connectivity index (χ1n) is 12.9. The molecule has 14 heteroatoms. The molecule has 0 spiro atoms. The number of nitrogens with two attached hydrogens (primary N) is 1. The molecule has 4 rings (SSSR count). The summed E-state index contributed by atoms with van der Waals surface area (Å²) < 4.78 is 27.1. The van der Waals surface area contributed by atoms with E-state index in [4.69, 9.17) is 10.8 Å². The quantitative estimate of drug-likeness (QED) is 0.178. The van der Waals surface area contributed by atoms with Gasteiger partial charge >= 0.3 is 5.91 Å². The maximum atomic E-state index is 14.0. The second-order valence-electron chi connectivity index (χ2n) is 9.47. The van der Waals surface area contributed by atoms with Crippen molar-refractivity contribution in [3.63, 3.8) is 0 Å². The van der Waals surface area contributed by atoms with Gasteiger partial charge in [0.1, 0.15) is 28.5 Å². The van der Waals surface area contributed by atoms with Crippen LogP contribution >= 0.6 is 11.8 Å². The summed E-state index contributed by atoms with van der Waals surface area (Å²) in [6.45, 7) is 3.28. The van der Waals surface area contributed by atoms with E-state index in [0.717, 1.165) is 6.07 Å². The summed E-state index contributed by atoms with van der Waals surface area (Å²) in [5, 5.41) is 31.3. The lowest BCUT2D eigenvalue weighted by molar-refractivity contribution is -0.532. The van der Waals surface area contributed by atoms with Gasteiger partial charge in [-0.3, -0.25) is 31.0 Å². The molecule has 1 amide bonds. The smallest absolute Gasteiger partial charge is 0.313 e. The van der Waals surface area contributed by atoms with E-state index in [-0.39, 0.29) is 33.3 Å². The van der Waals surface area contributed by atoms with Crippen LogP contribution < -0.4 is 15.5 Å². The molecule has 1 fully saturated rings. The molecule has 0 unspecified atom stereocenters. The summed E-state index contributed by atoms with van der Waals surface area (Å²) >= 11 is 0.607. The van der Waals surface area contributed by atoms with E-state index >= 15 is 0 Å². The summed E-state index contributed by atoms with van der Waals surface area (Å²) in [4.78, 5) is 38.9. The Hall–Kier alpha value is -4.01. The van der Waals surface area contributed by atoms with E-state index in [2.05, 4.69) is 15.3 Å². The van der Waals surface area contributed by atoms with Crippen molar-refractivity contribution in [1.82, 2.24) is 20.2 Å². The summed E-state index contributed by atoms with van der Waals surface area (Å²) in [5.41, 5.74) is -1.05. The molecule has 1 aromatic carbocycles. The largest absolute Gasteiger partial charge is 0.500 e. The molecule has 0 saturated carbocycles. The van der Waals surface area contributed by atoms with Gasteiger partial charge in [0, 0.05) is 57.4 Å². The number of rotatable bonds is 8. The third-order valence-corrected chi connectivity index (χ3v) is 7.98. The van der Waals surface area contributed by atoms with Crippen LogP contribution in [0, 0.1) is 22.5 Å². The zero-order chi connectivity index (χ0) is 29.7. The monoisotopic (exact) mass is 585 g/mol. The summed E-state index contributed by atoms with van der Waals surface area (Å²) in [6.07, 6.45) is 5.49. The van der Waals surface area contributed by atoms with Crippen molar-refractivity contribution >= 4 is 39.5 Å². The van der Waals surface area contributed by atoms with Crippen molar-refractivity contribution in [3.05, 3.63) is 77.1 Å². The third-order valence-electron chi connectivity index (χ3n) is 7.17. The maximum Gasteiger partial charge on any atom is 0.313 e. The van der Waals surface area contributed by atoms with E-state index in [1.807, 2.05) is 11.8 Å². The fraction of sp³-hybridized carbons (Fsp3) is 0.333. The number of quaternary nitrogens is 1. The van der Waals surface area contributed by atoms with Crippen molar-refractivity contribution in [1.29, 1.82) is 10.8 Å². The van der Waals surface area contributed by atoms with E-state index in [1.54, 1.807) is 30.4 Å². The number of aliphatic hydroxyl groups excluding tert-OH is 1. The normalized spacial score (nSPS) is 16.8. The Morgan fingerprint density at radius 2 is 1.93 bits per heavy atom. The van der Waals surface area contributed by atoms with E-state index in [9.17, 15) is 23.5 Å². The Morgan fingerprint density at radius 1 is 1.24 bits per heavy atom. The van der Waals surface area contributed by atoms with Gasteiger partial charge in [0.15, 0.2) is 0 Å². The molecule has 216 valence electrons. The van der Waals surface area contributed by atoms with E-state index in [1.165, 1.54) is 17.6 Å². The highest BCUT2D eigenvalue weighted by molar-refractivity contribution is 8.26. The molecule has 2 aliphatic rings. The fourth-order valence-electron chi connectivity index (χ4n) is 4.95. The molecule has 2 aromatic rings. The third kappa shape index (κ3) is 6.34. The van der Waals surface area contributed by atoms with Crippen molar-refractivity contribution < 1.29 is 28.8 Å². The molecule has 1 saturated heterocycles. The fourth-order valence-corrected chi connectivity index (χ4v) is 5.69. The number of amides is 1. The first-order valence-corrected chi connectivity index (χ1v) is 13.8. The second kappa shape index (κ2) is 12.7. The first kappa shape index (κ1) is 30.0. The number of aromatic nitrogens is 2. The highest BCUT2D eigenvalue weighted by Crippen LogP contribution is 2.29. The molecule has 11 nitrogen and oxygen atoms in total. The number of hydrogen-bond donors (Lipinski definition) is 5. The van der Waals surface area contributed by atoms with Crippen LogP contribution in [-0.2, 0) is 16.0 Å². The van der Waals surface area contributed by atoms with Crippen LogP contribution in [0.2, 0.25) is 0 Å². The Labute approximate surface area is 239 Å². The first-order chi connectivity index (χ1) is 19.6. The Morgan fingerprint density at radius 3 is 2.54 bits per heavy atom. The Kier molecular flexibility index (Phi) is 9.25. The SMILES string of the molecule is CCN(C(=O)C1=C(O)C(=O)C(C(=N)SC(=N)Cc2ccc(F)cc2F)=C[NH2+]1)C1(NC)CCN(c2ncccn2)CC1. The summed E-state index contributed by atoms with van der Waals surface area (Å²) in [6, 6.07) is 4.74. The van der Waals surface area contributed by atoms with Gasteiger partial charge in [-0.15, -0.1) is 0 Å². The van der Waals surface area contributed by atoms with E-state index in [0.29, 0.717) is 56.3 Å². The standard InChI is InChI=1S/C27H30F2N8O3S/c1-3-37(27(32-2)7-11-36(12-8-27)26-33-9-4-10-34-26)25(40)21-23(39)22(38)18(15-35-21)24(31)41-20(30)13-16-5-6-17(28)14-19(16)29/h4-6,9-10,14-15,30-32,39H,3,7-8,11-13H2,1-2H3,(H,35,38)/p+1. The predicted molar refractivity (Wildman–Crippen MR) is 150 cm³/mol. The Bertz CT molecular complexity index is 1420. The van der Waals surface area contributed by atoms with Gasteiger partial charge in [0.2, 0.25) is 23.2 Å². The number of carbonyl (C=O) groups is 2. The number of carbonyl (C=O) groups excluding carboxylic acids is 2. The topological polar surface area (TPSA) is 163 Å². The van der Waals surface area contributed by atoms with Crippen LogP contribution in [0.1, 0.15) is 25.3 Å². The van der Waals surface area contributed by atoms with Gasteiger partial charge < -0.3 is 14.9 Å². The Balaban J connectivity index is 1.43. The molecular weight excluding hydrogens is 554 g/mol. The summed E-state index contributed by atoms with van der Waals surface area (Å²) in [5.74, 6) is -3.19. The van der Waals surface area contributed by atoms with Crippen molar-refractivity contribution in [2.45, 2.75) is 31.8 Å². The van der Waals surface area contributed by atoms with Gasteiger partial charge in [0.05, 0.1) is 10.7 Å². The van der Waals surface area contributed by atoms with Crippen LogP contribution in [0.3, 0.4) is 0 Å². The van der Waals surface area contributed by atoms with Crippen LogP contribution in [-0.4, -0.2) is 74.1 Å². The minimum absolute atomic E-state index is 0.0723. The van der Waals surface area contributed by atoms with Gasteiger partial charge in [-0.2, -0.15) is 0 Å². The molecular formula is C27H31F2N8O3S+. The van der Waals surface area contributed by atoms with Gasteiger partial charge in [-0.05, 0) is 31.7 Å². The number of nitrogens with one attached hydrogen (secondary N) is 3. The van der Waals surface area contributed by atoms with Crippen molar-refractivity contribution in [3.8, 4) is 0 Å². The van der Waals surface area contributed by atoms with Gasteiger partial charge in [0.25, 0.3) is 0 Å². The number of piperidine rings is 1. The number of benzene rings is 1. The predicted octanol–water partition coefficient (Wildman–Crippen LogP) is 1.85. The number of halogens is 2. The highest BCUT2D eigenvalue weighted by atomic mass is 32.2. The number of nitrogens with zero attached hydrogens (tertiary/aromatic N) is 4. The van der Waals surface area contributed by atoms with E-state index < -0.39 is 34.7 Å². The molecule has 0 aliphatic carbocycles. The number of ketones is 1. The average molecular weight is 586 g/mol. The van der Waals surface area contributed by atoms with Crippen LogP contribution in [0.5, 0.6) is 0 Å². The van der Waals surface area contributed by atoms with Crippen molar-refractivity contribution in [2.24, 2.45) is 0 Å². The maximum absolute atomic E-state index is 14.0. The molecule has 2 aliphatic heterocycles. The number of hydrogen-bond acceptors (Lipinski definition) is 10. The van der Waals surface area contributed by atoms with Crippen LogP contribution in [0.25, 0.3) is 0 Å². The number of allylic oxidation sites excluding steroid dienone is 1. The number of thioether (sulfide) groups is 1.